The fourth-order valence-electron chi connectivity index (χ4n) is 4.94. The Labute approximate surface area is 211 Å². The number of hydrogen-bond donors (Lipinski definition) is 0. The van der Waals surface area contributed by atoms with Crippen molar-refractivity contribution in [3.63, 3.8) is 0 Å². The Morgan fingerprint density at radius 2 is 0.909 bits per heavy atom. The molecule has 0 radical (unpaired) electrons. The SMILES string of the molecule is CC[N+](CC)(CC)CC.ClC(Cl)=CC[B-](c1ccccc1)(c1ccccc1)c1ccccc1. The van der Waals surface area contributed by atoms with Crippen LogP contribution in [0.4, 0.5) is 0 Å². The van der Waals surface area contributed by atoms with Crippen molar-refractivity contribution in [1.29, 1.82) is 0 Å². The van der Waals surface area contributed by atoms with E-state index in [2.05, 4.69) is 100 Å². The van der Waals surface area contributed by atoms with E-state index >= 15 is 0 Å². The van der Waals surface area contributed by atoms with Crippen LogP contribution in [0.25, 0.3) is 0 Å². The molecule has 176 valence electrons. The highest BCUT2D eigenvalue weighted by Gasteiger charge is 2.28. The van der Waals surface area contributed by atoms with E-state index in [1.54, 1.807) is 0 Å². The van der Waals surface area contributed by atoms with Gasteiger partial charge in [0.1, 0.15) is 0 Å². The first-order valence-electron chi connectivity index (χ1n) is 12.2. The van der Waals surface area contributed by atoms with E-state index in [1.165, 1.54) is 47.1 Å². The summed E-state index contributed by atoms with van der Waals surface area (Å²) in [5.74, 6) is 0. The molecule has 4 heteroatoms. The molecular weight excluding hydrogens is 444 g/mol. The van der Waals surface area contributed by atoms with E-state index in [-0.39, 0.29) is 0 Å². The first-order valence-corrected chi connectivity index (χ1v) is 12.9. The highest BCUT2D eigenvalue weighted by atomic mass is 35.5. The molecule has 0 atom stereocenters. The Bertz CT molecular complexity index is 837. The first kappa shape index (κ1) is 27.3. The molecule has 0 aliphatic carbocycles. The molecule has 3 rings (SSSR count). The summed E-state index contributed by atoms with van der Waals surface area (Å²) in [7, 11) is 0. The molecule has 0 bridgehead atoms. The van der Waals surface area contributed by atoms with Crippen molar-refractivity contribution in [3.8, 4) is 0 Å². The van der Waals surface area contributed by atoms with Gasteiger partial charge in [0, 0.05) is 0 Å². The highest BCUT2D eigenvalue weighted by molar-refractivity contribution is 7.11. The van der Waals surface area contributed by atoms with Crippen molar-refractivity contribution in [1.82, 2.24) is 0 Å². The van der Waals surface area contributed by atoms with Crippen LogP contribution in [0, 0.1) is 0 Å². The van der Waals surface area contributed by atoms with Crippen molar-refractivity contribution in [2.75, 3.05) is 26.2 Å². The zero-order chi connectivity index (χ0) is 24.2. The summed E-state index contributed by atoms with van der Waals surface area (Å²) in [6, 6.07) is 31.8. The Kier molecular flexibility index (Phi) is 11.3. The van der Waals surface area contributed by atoms with Crippen molar-refractivity contribution in [2.24, 2.45) is 0 Å². The number of allylic oxidation sites excluding steroid dienone is 1. The van der Waals surface area contributed by atoms with Gasteiger partial charge in [0.25, 0.3) is 0 Å². The van der Waals surface area contributed by atoms with Gasteiger partial charge in [0.15, 0.2) is 0 Å². The van der Waals surface area contributed by atoms with Crippen LogP contribution < -0.4 is 16.4 Å². The van der Waals surface area contributed by atoms with Crippen molar-refractivity contribution >= 4 is 45.7 Å². The molecule has 0 N–H and O–H groups in total. The topological polar surface area (TPSA) is 0 Å². The number of benzene rings is 3. The van der Waals surface area contributed by atoms with Crippen molar-refractivity contribution < 1.29 is 4.48 Å². The second-order valence-corrected chi connectivity index (χ2v) is 9.62. The van der Waals surface area contributed by atoms with E-state index < -0.39 is 6.15 Å². The van der Waals surface area contributed by atoms with Crippen LogP contribution in [-0.4, -0.2) is 36.8 Å². The van der Waals surface area contributed by atoms with Crippen LogP contribution in [0.5, 0.6) is 0 Å². The Morgan fingerprint density at radius 3 is 1.12 bits per heavy atom. The molecule has 33 heavy (non-hydrogen) atoms. The molecule has 1 nitrogen and oxygen atoms in total. The molecular formula is C29H38BCl2N. The maximum absolute atomic E-state index is 5.98. The fraction of sp³-hybridized carbons (Fsp3) is 0.310. The second kappa shape index (κ2) is 13.6. The lowest BCUT2D eigenvalue weighted by Gasteiger charge is -2.42. The van der Waals surface area contributed by atoms with Crippen LogP contribution in [-0.2, 0) is 0 Å². The fourth-order valence-corrected chi connectivity index (χ4v) is 5.12. The number of hydrogen-bond acceptors (Lipinski definition) is 0. The van der Waals surface area contributed by atoms with Crippen LogP contribution in [0.1, 0.15) is 27.7 Å². The molecule has 0 saturated carbocycles. The monoisotopic (exact) mass is 481 g/mol. The number of quaternary nitrogens is 1. The molecule has 0 saturated heterocycles. The quantitative estimate of drug-likeness (QED) is 0.246. The largest absolute Gasteiger partial charge is 0.325 e. The average molecular weight is 482 g/mol. The lowest BCUT2D eigenvalue weighted by Crippen LogP contribution is -2.66. The van der Waals surface area contributed by atoms with Gasteiger partial charge in [0.05, 0.1) is 36.8 Å². The molecule has 0 amide bonds. The summed E-state index contributed by atoms with van der Waals surface area (Å²) in [5.41, 5.74) is 3.84. The summed E-state index contributed by atoms with van der Waals surface area (Å²) >= 11 is 12.0. The second-order valence-electron chi connectivity index (χ2n) is 8.61. The average Bonchev–Trinajstić information content (AvgIpc) is 2.88. The molecule has 3 aromatic carbocycles. The van der Waals surface area contributed by atoms with Crippen molar-refractivity contribution in [2.45, 2.75) is 34.0 Å². The predicted octanol–water partition coefficient (Wildman–Crippen LogP) is 6.36. The summed E-state index contributed by atoms with van der Waals surface area (Å²) in [4.78, 5) is 0. The first-order chi connectivity index (χ1) is 16.0. The smallest absolute Gasteiger partial charge is 0.0992 e. The van der Waals surface area contributed by atoms with Crippen molar-refractivity contribution in [3.05, 3.63) is 102 Å². The number of rotatable bonds is 9. The summed E-state index contributed by atoms with van der Waals surface area (Å²) in [6.07, 6.45) is 1.47. The Morgan fingerprint density at radius 1 is 0.606 bits per heavy atom. The van der Waals surface area contributed by atoms with E-state index in [9.17, 15) is 0 Å². The predicted molar refractivity (Wildman–Crippen MR) is 151 cm³/mol. The highest BCUT2D eigenvalue weighted by Crippen LogP contribution is 2.17. The third kappa shape index (κ3) is 6.99. The van der Waals surface area contributed by atoms with Gasteiger partial charge in [-0.15, -0.1) is 6.32 Å². The van der Waals surface area contributed by atoms with Crippen LogP contribution in [0.2, 0.25) is 6.32 Å². The molecule has 0 fully saturated rings. The maximum Gasteiger partial charge on any atom is 0.0992 e. The lowest BCUT2D eigenvalue weighted by molar-refractivity contribution is -0.921. The van der Waals surface area contributed by atoms with Gasteiger partial charge in [-0.25, -0.2) is 0 Å². The maximum atomic E-state index is 5.98. The standard InChI is InChI=1S/C21H18BCl2.C8H20N/c23-21(24)16-17-22(18-10-4-1-5-11-18,19-12-6-2-7-13-19)20-14-8-3-9-15-20;1-5-9(6-2,7-3)8-4/h1-16H,17H2;5-8H2,1-4H3/q-1;+1. The van der Waals surface area contributed by atoms with Gasteiger partial charge in [-0.3, -0.25) is 0 Å². The molecule has 0 aromatic heterocycles. The van der Waals surface area contributed by atoms with Crippen LogP contribution in [0.3, 0.4) is 0 Å². The number of halogens is 2. The van der Waals surface area contributed by atoms with E-state index in [1.807, 2.05) is 24.3 Å². The summed E-state index contributed by atoms with van der Waals surface area (Å²) in [6.45, 7) is 14.2. The summed E-state index contributed by atoms with van der Waals surface area (Å²) in [5, 5.41) is 0. The van der Waals surface area contributed by atoms with Gasteiger partial charge >= 0.3 is 0 Å². The zero-order valence-corrected chi connectivity index (χ0v) is 22.1. The molecule has 3 aromatic rings. The zero-order valence-electron chi connectivity index (χ0n) is 20.6. The Hall–Kier alpha value is -2.00. The van der Waals surface area contributed by atoms with Gasteiger partial charge in [-0.1, -0.05) is 120 Å². The van der Waals surface area contributed by atoms with E-state index in [0.717, 1.165) is 6.32 Å². The lowest BCUT2D eigenvalue weighted by atomic mass is 9.14. The Balaban J connectivity index is 0.000000365. The van der Waals surface area contributed by atoms with Gasteiger partial charge in [-0.2, -0.15) is 16.4 Å². The molecule has 0 aliphatic heterocycles. The van der Waals surface area contributed by atoms with E-state index in [0.29, 0.717) is 4.49 Å². The molecule has 0 heterocycles. The third-order valence-corrected chi connectivity index (χ3v) is 7.72. The third-order valence-electron chi connectivity index (χ3n) is 7.41. The normalized spacial score (nSPS) is 11.3. The molecule has 0 aliphatic rings. The number of nitrogens with zero attached hydrogens (tertiary/aromatic N) is 1. The molecule has 0 unspecified atom stereocenters. The summed E-state index contributed by atoms with van der Waals surface area (Å²) < 4.78 is 1.59. The molecule has 0 spiro atoms. The minimum atomic E-state index is -1.19. The van der Waals surface area contributed by atoms with Gasteiger partial charge in [0.2, 0.25) is 0 Å². The van der Waals surface area contributed by atoms with Gasteiger partial charge < -0.3 is 4.48 Å². The van der Waals surface area contributed by atoms with E-state index in [4.69, 9.17) is 23.2 Å². The van der Waals surface area contributed by atoms with Crippen LogP contribution in [0.15, 0.2) is 102 Å². The minimum absolute atomic E-state index is 0.309. The van der Waals surface area contributed by atoms with Crippen LogP contribution >= 0.6 is 23.2 Å². The van der Waals surface area contributed by atoms with Gasteiger partial charge in [-0.05, 0) is 27.7 Å². The minimum Gasteiger partial charge on any atom is -0.325 e.